The Balaban J connectivity index is 1.60. The van der Waals surface area contributed by atoms with Gasteiger partial charge in [-0.15, -0.1) is 0 Å². The van der Waals surface area contributed by atoms with Crippen molar-refractivity contribution in [2.45, 2.75) is 18.9 Å². The molecule has 0 bridgehead atoms. The van der Waals surface area contributed by atoms with E-state index in [1.165, 1.54) is 23.5 Å². The highest BCUT2D eigenvalue weighted by Crippen LogP contribution is 2.30. The fourth-order valence-corrected chi connectivity index (χ4v) is 2.97. The number of nitrogens with zero attached hydrogens (tertiary/aromatic N) is 2. The van der Waals surface area contributed by atoms with Crippen molar-refractivity contribution in [1.29, 1.82) is 0 Å². The largest absolute Gasteiger partial charge is 0.299 e. The Morgan fingerprint density at radius 1 is 1.17 bits per heavy atom. The van der Waals surface area contributed by atoms with E-state index in [0.717, 1.165) is 13.0 Å². The molecular formula is C18H20N4O2. The average Bonchev–Trinajstić information content (AvgIpc) is 2.63. The first-order valence-corrected chi connectivity index (χ1v) is 7.92. The molecule has 1 aliphatic heterocycles. The molecule has 1 aromatic carbocycles. The number of pyridine rings is 1. The molecule has 2 N–H and O–H groups in total. The van der Waals surface area contributed by atoms with Crippen molar-refractivity contribution in [1.82, 2.24) is 20.7 Å². The molecule has 0 aliphatic carbocycles. The molecule has 0 saturated heterocycles. The van der Waals surface area contributed by atoms with Gasteiger partial charge in [0.15, 0.2) is 0 Å². The average molecular weight is 324 g/mol. The normalized spacial score (nSPS) is 17.0. The van der Waals surface area contributed by atoms with Crippen LogP contribution in [-0.2, 0) is 11.2 Å². The number of benzene rings is 1. The molecule has 1 atom stereocenters. The number of nitrogens with one attached hydrogen (secondary N) is 2. The van der Waals surface area contributed by atoms with E-state index in [1.807, 2.05) is 19.2 Å². The Morgan fingerprint density at radius 3 is 2.71 bits per heavy atom. The van der Waals surface area contributed by atoms with Crippen LogP contribution in [0.1, 0.15) is 33.9 Å². The van der Waals surface area contributed by atoms with Crippen molar-refractivity contribution >= 4 is 11.8 Å². The van der Waals surface area contributed by atoms with E-state index in [0.29, 0.717) is 12.0 Å². The summed E-state index contributed by atoms with van der Waals surface area (Å²) in [5.74, 6) is -0.575. The molecule has 3 rings (SSSR count). The zero-order valence-electron chi connectivity index (χ0n) is 13.5. The van der Waals surface area contributed by atoms with Gasteiger partial charge in [-0.3, -0.25) is 30.3 Å². The van der Waals surface area contributed by atoms with Crippen molar-refractivity contribution in [3.63, 3.8) is 0 Å². The van der Waals surface area contributed by atoms with E-state index in [9.17, 15) is 9.59 Å². The highest BCUT2D eigenvalue weighted by Gasteiger charge is 2.26. The molecule has 6 heteroatoms. The zero-order chi connectivity index (χ0) is 16.9. The van der Waals surface area contributed by atoms with E-state index in [-0.39, 0.29) is 17.9 Å². The van der Waals surface area contributed by atoms with Gasteiger partial charge in [0, 0.05) is 37.0 Å². The highest BCUT2D eigenvalue weighted by atomic mass is 16.2. The Morgan fingerprint density at radius 2 is 1.92 bits per heavy atom. The number of hydrogen-bond donors (Lipinski definition) is 2. The maximum absolute atomic E-state index is 12.2. The molecule has 6 nitrogen and oxygen atoms in total. The third-order valence-corrected chi connectivity index (χ3v) is 4.32. The van der Waals surface area contributed by atoms with Crippen molar-refractivity contribution in [2.75, 3.05) is 13.6 Å². The first kappa shape index (κ1) is 16.1. The van der Waals surface area contributed by atoms with Gasteiger partial charge in [0.05, 0.1) is 0 Å². The molecule has 0 fully saturated rings. The number of hydrogen-bond acceptors (Lipinski definition) is 4. The molecule has 1 aliphatic rings. The lowest BCUT2D eigenvalue weighted by Gasteiger charge is -2.34. The second kappa shape index (κ2) is 7.23. The number of likely N-dealkylation sites (N-methyl/N-ethyl adjacent to an activating group) is 1. The van der Waals surface area contributed by atoms with Gasteiger partial charge in [-0.05, 0) is 36.7 Å². The van der Waals surface area contributed by atoms with Gasteiger partial charge in [-0.2, -0.15) is 0 Å². The third kappa shape index (κ3) is 3.60. The van der Waals surface area contributed by atoms with Crippen LogP contribution < -0.4 is 10.9 Å². The Kier molecular flexibility index (Phi) is 4.86. The quantitative estimate of drug-likeness (QED) is 0.838. The molecule has 2 amide bonds. The molecule has 1 aromatic heterocycles. The molecule has 2 heterocycles. The van der Waals surface area contributed by atoms with E-state index in [2.05, 4.69) is 32.9 Å². The molecule has 2 aromatic rings. The van der Waals surface area contributed by atoms with E-state index in [4.69, 9.17) is 0 Å². The summed E-state index contributed by atoms with van der Waals surface area (Å²) in [6.07, 6.45) is 4.35. The molecule has 0 radical (unpaired) electrons. The first-order valence-electron chi connectivity index (χ1n) is 7.92. The smallest absolute Gasteiger partial charge is 0.269 e. The minimum Gasteiger partial charge on any atom is -0.299 e. The number of amides is 2. The Hall–Kier alpha value is -2.73. The number of rotatable bonds is 3. The lowest BCUT2D eigenvalue weighted by Crippen LogP contribution is -2.44. The van der Waals surface area contributed by atoms with E-state index < -0.39 is 0 Å². The van der Waals surface area contributed by atoms with E-state index in [1.54, 1.807) is 12.1 Å². The molecule has 24 heavy (non-hydrogen) atoms. The fraction of sp³-hybridized carbons (Fsp3) is 0.278. The monoisotopic (exact) mass is 324 g/mol. The summed E-state index contributed by atoms with van der Waals surface area (Å²) in [6.45, 7) is 0.915. The third-order valence-electron chi connectivity index (χ3n) is 4.32. The number of hydrazine groups is 1. The van der Waals surface area contributed by atoms with Gasteiger partial charge >= 0.3 is 0 Å². The van der Waals surface area contributed by atoms with Gasteiger partial charge in [0.2, 0.25) is 5.91 Å². The SMILES string of the molecule is CN1CCc2ccccc2C1CC(=O)NNC(=O)c1ccncc1. The van der Waals surface area contributed by atoms with Crippen LogP contribution in [0.3, 0.4) is 0 Å². The summed E-state index contributed by atoms with van der Waals surface area (Å²) in [6, 6.07) is 11.4. The summed E-state index contributed by atoms with van der Waals surface area (Å²) >= 11 is 0. The van der Waals surface area contributed by atoms with Crippen LogP contribution in [0, 0.1) is 0 Å². The number of carbonyl (C=O) groups is 2. The van der Waals surface area contributed by atoms with Crippen molar-refractivity contribution < 1.29 is 9.59 Å². The molecule has 1 unspecified atom stereocenters. The van der Waals surface area contributed by atoms with Crippen LogP contribution in [0.5, 0.6) is 0 Å². The zero-order valence-corrected chi connectivity index (χ0v) is 13.5. The topological polar surface area (TPSA) is 74.3 Å². The first-order chi connectivity index (χ1) is 11.6. The lowest BCUT2D eigenvalue weighted by atomic mass is 9.91. The Labute approximate surface area is 140 Å². The van der Waals surface area contributed by atoms with Gasteiger partial charge in [-0.25, -0.2) is 0 Å². The predicted octanol–water partition coefficient (Wildman–Crippen LogP) is 1.46. The molecular weight excluding hydrogens is 304 g/mol. The lowest BCUT2D eigenvalue weighted by molar-refractivity contribution is -0.123. The maximum Gasteiger partial charge on any atom is 0.269 e. The van der Waals surface area contributed by atoms with Crippen molar-refractivity contribution in [3.8, 4) is 0 Å². The van der Waals surface area contributed by atoms with Crippen LogP contribution in [-0.4, -0.2) is 35.3 Å². The number of aromatic nitrogens is 1. The molecule has 0 spiro atoms. The minimum atomic E-state index is -0.358. The summed E-state index contributed by atoms with van der Waals surface area (Å²) in [7, 11) is 2.02. The van der Waals surface area contributed by atoms with Crippen molar-refractivity contribution in [3.05, 3.63) is 65.5 Å². The van der Waals surface area contributed by atoms with Crippen LogP contribution in [0.15, 0.2) is 48.8 Å². The predicted molar refractivity (Wildman–Crippen MR) is 90.0 cm³/mol. The highest BCUT2D eigenvalue weighted by molar-refractivity contribution is 5.95. The second-order valence-electron chi connectivity index (χ2n) is 5.89. The maximum atomic E-state index is 12.2. The molecule has 124 valence electrons. The summed E-state index contributed by atoms with van der Waals surface area (Å²) in [4.78, 5) is 30.2. The standard InChI is InChI=1S/C18H20N4O2/c1-22-11-8-13-4-2-3-5-15(13)16(22)12-17(23)20-21-18(24)14-6-9-19-10-7-14/h2-7,9-10,16H,8,11-12H2,1H3,(H,20,23)(H,21,24). The van der Waals surface area contributed by atoms with Gasteiger partial charge < -0.3 is 0 Å². The summed E-state index contributed by atoms with van der Waals surface area (Å²) < 4.78 is 0. The van der Waals surface area contributed by atoms with Crippen molar-refractivity contribution in [2.24, 2.45) is 0 Å². The fourth-order valence-electron chi connectivity index (χ4n) is 2.97. The van der Waals surface area contributed by atoms with Crippen LogP contribution in [0.25, 0.3) is 0 Å². The minimum absolute atomic E-state index is 0.0211. The number of fused-ring (bicyclic) bond motifs is 1. The summed E-state index contributed by atoms with van der Waals surface area (Å²) in [5, 5.41) is 0. The molecule has 0 saturated carbocycles. The van der Waals surface area contributed by atoms with Crippen LogP contribution in [0.2, 0.25) is 0 Å². The van der Waals surface area contributed by atoms with Crippen LogP contribution in [0.4, 0.5) is 0 Å². The second-order valence-corrected chi connectivity index (χ2v) is 5.89. The van der Waals surface area contributed by atoms with Gasteiger partial charge in [0.1, 0.15) is 0 Å². The Bertz CT molecular complexity index is 733. The van der Waals surface area contributed by atoms with Gasteiger partial charge in [-0.1, -0.05) is 24.3 Å². The van der Waals surface area contributed by atoms with Gasteiger partial charge in [0.25, 0.3) is 5.91 Å². The number of carbonyl (C=O) groups excluding carboxylic acids is 2. The summed E-state index contributed by atoms with van der Waals surface area (Å²) in [5.41, 5.74) is 7.85. The van der Waals surface area contributed by atoms with E-state index >= 15 is 0 Å². The van der Waals surface area contributed by atoms with Crippen LogP contribution >= 0.6 is 0 Å².